The van der Waals surface area contributed by atoms with Crippen LogP contribution < -0.4 is 5.32 Å². The molecule has 0 bridgehead atoms. The van der Waals surface area contributed by atoms with Gasteiger partial charge in [0.2, 0.25) is 0 Å². The molecule has 0 saturated carbocycles. The van der Waals surface area contributed by atoms with Crippen LogP contribution in [0, 0.1) is 19.7 Å². The zero-order valence-corrected chi connectivity index (χ0v) is 12.4. The molecule has 20 heavy (non-hydrogen) atoms. The van der Waals surface area contributed by atoms with Crippen LogP contribution in [0.3, 0.4) is 0 Å². The van der Waals surface area contributed by atoms with E-state index in [-0.39, 0.29) is 11.9 Å². The molecular formula is C18H22FN. The lowest BCUT2D eigenvalue weighted by molar-refractivity contribution is 0.546. The second-order valence-electron chi connectivity index (χ2n) is 5.33. The number of rotatable bonds is 5. The fourth-order valence-electron chi connectivity index (χ4n) is 2.43. The van der Waals surface area contributed by atoms with Gasteiger partial charge >= 0.3 is 0 Å². The van der Waals surface area contributed by atoms with Gasteiger partial charge in [0, 0.05) is 5.56 Å². The quantitative estimate of drug-likeness (QED) is 0.842. The molecule has 0 radical (unpaired) electrons. The first-order valence-electron chi connectivity index (χ1n) is 7.18. The summed E-state index contributed by atoms with van der Waals surface area (Å²) in [5.41, 5.74) is 4.11. The van der Waals surface area contributed by atoms with Crippen LogP contribution in [0.1, 0.15) is 41.6 Å². The molecule has 2 aromatic rings. The third-order valence-corrected chi connectivity index (χ3v) is 3.44. The van der Waals surface area contributed by atoms with Gasteiger partial charge in [0.1, 0.15) is 5.82 Å². The summed E-state index contributed by atoms with van der Waals surface area (Å²) in [7, 11) is 0. The minimum absolute atomic E-state index is 0.0882. The Balaban J connectivity index is 2.44. The van der Waals surface area contributed by atoms with Crippen LogP contribution in [0.15, 0.2) is 42.5 Å². The van der Waals surface area contributed by atoms with E-state index in [0.717, 1.165) is 29.7 Å². The van der Waals surface area contributed by atoms with E-state index < -0.39 is 0 Å². The smallest absolute Gasteiger partial charge is 0.128 e. The Labute approximate surface area is 120 Å². The van der Waals surface area contributed by atoms with Gasteiger partial charge in [-0.05, 0) is 38.4 Å². The molecule has 0 spiro atoms. The van der Waals surface area contributed by atoms with E-state index >= 15 is 0 Å². The number of hydrogen-bond acceptors (Lipinski definition) is 1. The molecule has 2 aromatic carbocycles. The molecule has 106 valence electrons. The van der Waals surface area contributed by atoms with Gasteiger partial charge in [-0.1, -0.05) is 54.4 Å². The standard InChI is InChI=1S/C18H22FN/c1-4-10-20-18(15-7-5-6-13(2)11-15)16-12-14(3)8-9-17(16)19/h5-9,11-12,18,20H,4,10H2,1-3H3. The molecule has 0 saturated heterocycles. The van der Waals surface area contributed by atoms with Gasteiger partial charge in [-0.15, -0.1) is 0 Å². The Hall–Kier alpha value is -1.67. The Bertz CT molecular complexity index is 577. The SMILES string of the molecule is CCCNC(c1cccc(C)c1)c1cc(C)ccc1F. The Morgan fingerprint density at radius 1 is 1.05 bits per heavy atom. The van der Waals surface area contributed by atoms with Crippen LogP contribution >= 0.6 is 0 Å². The second-order valence-corrected chi connectivity index (χ2v) is 5.33. The van der Waals surface area contributed by atoms with Crippen molar-refractivity contribution in [2.24, 2.45) is 0 Å². The lowest BCUT2D eigenvalue weighted by atomic mass is 9.95. The van der Waals surface area contributed by atoms with Gasteiger partial charge in [0.25, 0.3) is 0 Å². The van der Waals surface area contributed by atoms with Crippen molar-refractivity contribution in [1.29, 1.82) is 0 Å². The van der Waals surface area contributed by atoms with Gasteiger partial charge in [-0.2, -0.15) is 0 Å². The second kappa shape index (κ2) is 6.67. The molecular weight excluding hydrogens is 249 g/mol. The molecule has 2 rings (SSSR count). The van der Waals surface area contributed by atoms with Crippen LogP contribution in [0.25, 0.3) is 0 Å². The van der Waals surface area contributed by atoms with E-state index in [1.807, 2.05) is 25.1 Å². The summed E-state index contributed by atoms with van der Waals surface area (Å²) >= 11 is 0. The summed E-state index contributed by atoms with van der Waals surface area (Å²) in [4.78, 5) is 0. The fourth-order valence-corrected chi connectivity index (χ4v) is 2.43. The van der Waals surface area contributed by atoms with E-state index in [9.17, 15) is 4.39 Å². The highest BCUT2D eigenvalue weighted by Gasteiger charge is 2.17. The largest absolute Gasteiger partial charge is 0.306 e. The minimum Gasteiger partial charge on any atom is -0.306 e. The lowest BCUT2D eigenvalue weighted by Gasteiger charge is -2.21. The number of hydrogen-bond donors (Lipinski definition) is 1. The zero-order valence-electron chi connectivity index (χ0n) is 12.4. The van der Waals surface area contributed by atoms with Crippen molar-refractivity contribution < 1.29 is 4.39 Å². The first-order valence-corrected chi connectivity index (χ1v) is 7.18. The summed E-state index contributed by atoms with van der Waals surface area (Å²) in [6.07, 6.45) is 1.02. The predicted octanol–water partition coefficient (Wildman–Crippen LogP) is 4.53. The number of aryl methyl sites for hydroxylation is 2. The van der Waals surface area contributed by atoms with E-state index in [1.54, 1.807) is 6.07 Å². The molecule has 0 fully saturated rings. The van der Waals surface area contributed by atoms with Crippen LogP contribution in [0.5, 0.6) is 0 Å². The van der Waals surface area contributed by atoms with Crippen LogP contribution in [-0.4, -0.2) is 6.54 Å². The average molecular weight is 271 g/mol. The van der Waals surface area contributed by atoms with Crippen LogP contribution in [-0.2, 0) is 0 Å². The zero-order chi connectivity index (χ0) is 14.5. The van der Waals surface area contributed by atoms with Crippen molar-refractivity contribution in [2.75, 3.05) is 6.54 Å². The number of nitrogens with one attached hydrogen (secondary N) is 1. The third-order valence-electron chi connectivity index (χ3n) is 3.44. The van der Waals surface area contributed by atoms with Crippen LogP contribution in [0.2, 0.25) is 0 Å². The van der Waals surface area contributed by atoms with Gasteiger partial charge in [-0.3, -0.25) is 0 Å². The van der Waals surface area contributed by atoms with Gasteiger partial charge < -0.3 is 5.32 Å². The minimum atomic E-state index is -0.147. The molecule has 0 aliphatic carbocycles. The molecule has 0 aromatic heterocycles. The molecule has 2 heteroatoms. The summed E-state index contributed by atoms with van der Waals surface area (Å²) in [6.45, 7) is 7.04. The fraction of sp³-hybridized carbons (Fsp3) is 0.333. The predicted molar refractivity (Wildman–Crippen MR) is 82.5 cm³/mol. The molecule has 0 amide bonds. The number of benzene rings is 2. The average Bonchev–Trinajstić information content (AvgIpc) is 2.43. The molecule has 0 aliphatic heterocycles. The van der Waals surface area contributed by atoms with Gasteiger partial charge in [0.05, 0.1) is 6.04 Å². The molecule has 1 N–H and O–H groups in total. The number of halogens is 1. The monoisotopic (exact) mass is 271 g/mol. The van der Waals surface area contributed by atoms with Crippen molar-refractivity contribution in [3.63, 3.8) is 0 Å². The van der Waals surface area contributed by atoms with Crippen LogP contribution in [0.4, 0.5) is 4.39 Å². The maximum atomic E-state index is 14.2. The maximum Gasteiger partial charge on any atom is 0.128 e. The van der Waals surface area contributed by atoms with Gasteiger partial charge in [-0.25, -0.2) is 4.39 Å². The Morgan fingerprint density at radius 2 is 1.80 bits per heavy atom. The highest BCUT2D eigenvalue weighted by Crippen LogP contribution is 2.26. The molecule has 1 unspecified atom stereocenters. The first kappa shape index (κ1) is 14.7. The molecule has 1 atom stereocenters. The Kier molecular flexibility index (Phi) is 4.91. The summed E-state index contributed by atoms with van der Waals surface area (Å²) in [6, 6.07) is 13.5. The Morgan fingerprint density at radius 3 is 2.50 bits per heavy atom. The van der Waals surface area contributed by atoms with Crippen molar-refractivity contribution in [3.8, 4) is 0 Å². The van der Waals surface area contributed by atoms with E-state index in [2.05, 4.69) is 37.4 Å². The normalized spacial score (nSPS) is 12.4. The maximum absolute atomic E-state index is 14.2. The topological polar surface area (TPSA) is 12.0 Å². The molecule has 1 nitrogen and oxygen atoms in total. The van der Waals surface area contributed by atoms with Gasteiger partial charge in [0.15, 0.2) is 0 Å². The first-order chi connectivity index (χ1) is 9.61. The summed E-state index contributed by atoms with van der Waals surface area (Å²) < 4.78 is 14.2. The van der Waals surface area contributed by atoms with Crippen molar-refractivity contribution >= 4 is 0 Å². The van der Waals surface area contributed by atoms with E-state index in [0.29, 0.717) is 0 Å². The third kappa shape index (κ3) is 3.45. The lowest BCUT2D eigenvalue weighted by Crippen LogP contribution is -2.24. The highest BCUT2D eigenvalue weighted by molar-refractivity contribution is 5.36. The van der Waals surface area contributed by atoms with E-state index in [1.165, 1.54) is 5.56 Å². The highest BCUT2D eigenvalue weighted by atomic mass is 19.1. The molecule has 0 heterocycles. The summed E-state index contributed by atoms with van der Waals surface area (Å²) in [5.74, 6) is -0.147. The van der Waals surface area contributed by atoms with Crippen molar-refractivity contribution in [3.05, 3.63) is 70.5 Å². The summed E-state index contributed by atoms with van der Waals surface area (Å²) in [5, 5.41) is 3.46. The van der Waals surface area contributed by atoms with E-state index in [4.69, 9.17) is 0 Å². The molecule has 0 aliphatic rings. The van der Waals surface area contributed by atoms with Crippen molar-refractivity contribution in [2.45, 2.75) is 33.2 Å². The van der Waals surface area contributed by atoms with Crippen molar-refractivity contribution in [1.82, 2.24) is 5.32 Å².